The van der Waals surface area contributed by atoms with Gasteiger partial charge in [-0.25, -0.2) is 4.79 Å². The summed E-state index contributed by atoms with van der Waals surface area (Å²) in [6, 6.07) is 8.31. The van der Waals surface area contributed by atoms with Crippen LogP contribution in [0.2, 0.25) is 0 Å². The number of rotatable bonds is 8. The number of carboxylic acid groups (broad SMARTS) is 1. The Labute approximate surface area is 147 Å². The first-order valence-electron chi connectivity index (χ1n) is 8.55. The summed E-state index contributed by atoms with van der Waals surface area (Å²) in [5.74, 6) is -0.618. The molecule has 6 heteroatoms. The summed E-state index contributed by atoms with van der Waals surface area (Å²) in [6.07, 6.45) is 3.77. The molecule has 0 radical (unpaired) electrons. The van der Waals surface area contributed by atoms with E-state index in [0.717, 1.165) is 12.0 Å². The molecule has 1 unspecified atom stereocenters. The van der Waals surface area contributed by atoms with Gasteiger partial charge in [0.15, 0.2) is 0 Å². The first-order valence-corrected chi connectivity index (χ1v) is 8.55. The van der Waals surface area contributed by atoms with E-state index >= 15 is 0 Å². The Morgan fingerprint density at radius 2 is 1.84 bits per heavy atom. The Kier molecular flexibility index (Phi) is 6.33. The first kappa shape index (κ1) is 18.7. The highest BCUT2D eigenvalue weighted by atomic mass is 16.4. The first-order chi connectivity index (χ1) is 11.9. The predicted octanol–water partition coefficient (Wildman–Crippen LogP) is 3.36. The van der Waals surface area contributed by atoms with E-state index in [1.807, 2.05) is 6.92 Å². The maximum Gasteiger partial charge on any atom is 0.338 e. The smallest absolute Gasteiger partial charge is 0.338 e. The monoisotopic (exact) mass is 343 g/mol. The molecule has 2 aromatic rings. The molecular formula is C19H25N3O3. The molecule has 0 aliphatic heterocycles. The summed E-state index contributed by atoms with van der Waals surface area (Å²) >= 11 is 0. The number of carbonyl (C=O) groups excluding carboxylic acids is 1. The van der Waals surface area contributed by atoms with Gasteiger partial charge in [0.1, 0.15) is 0 Å². The minimum atomic E-state index is -1.02. The average Bonchev–Trinajstić information content (AvgIpc) is 3.07. The van der Waals surface area contributed by atoms with Crippen molar-refractivity contribution in [3.8, 4) is 0 Å². The van der Waals surface area contributed by atoms with Crippen molar-refractivity contribution in [3.63, 3.8) is 0 Å². The molecule has 0 aliphatic carbocycles. The second kappa shape index (κ2) is 8.46. The summed E-state index contributed by atoms with van der Waals surface area (Å²) in [7, 11) is 0. The van der Waals surface area contributed by atoms with Gasteiger partial charge in [-0.05, 0) is 23.5 Å². The normalized spacial score (nSPS) is 12.2. The van der Waals surface area contributed by atoms with E-state index in [0.29, 0.717) is 12.5 Å². The Morgan fingerprint density at radius 1 is 1.20 bits per heavy atom. The second-order valence-corrected chi connectivity index (χ2v) is 6.40. The van der Waals surface area contributed by atoms with Crippen molar-refractivity contribution in [1.29, 1.82) is 0 Å². The van der Waals surface area contributed by atoms with E-state index in [1.54, 1.807) is 0 Å². The molecule has 1 heterocycles. The van der Waals surface area contributed by atoms with Crippen LogP contribution in [0.5, 0.6) is 0 Å². The van der Waals surface area contributed by atoms with Gasteiger partial charge >= 0.3 is 5.97 Å². The summed E-state index contributed by atoms with van der Waals surface area (Å²) in [5.41, 5.74) is 2.49. The van der Waals surface area contributed by atoms with Crippen LogP contribution in [0.25, 0.3) is 0 Å². The Balaban J connectivity index is 1.91. The van der Waals surface area contributed by atoms with Crippen LogP contribution in [0.1, 0.15) is 67.1 Å². The zero-order valence-electron chi connectivity index (χ0n) is 14.9. The topological polar surface area (TPSA) is 84.2 Å². The summed E-state index contributed by atoms with van der Waals surface area (Å²) < 4.78 is 1.47. The second-order valence-electron chi connectivity index (χ2n) is 6.40. The zero-order chi connectivity index (χ0) is 18.4. The van der Waals surface area contributed by atoms with E-state index in [4.69, 9.17) is 5.11 Å². The van der Waals surface area contributed by atoms with Crippen LogP contribution in [0.3, 0.4) is 0 Å². The van der Waals surface area contributed by atoms with Gasteiger partial charge in [0, 0.05) is 19.2 Å². The quantitative estimate of drug-likeness (QED) is 0.770. The maximum absolute atomic E-state index is 12.2. The van der Waals surface area contributed by atoms with Crippen molar-refractivity contribution in [2.75, 3.05) is 0 Å². The van der Waals surface area contributed by atoms with E-state index < -0.39 is 5.97 Å². The van der Waals surface area contributed by atoms with Crippen molar-refractivity contribution in [1.82, 2.24) is 15.1 Å². The molecule has 0 fully saturated rings. The molecule has 0 saturated carbocycles. The summed E-state index contributed by atoms with van der Waals surface area (Å²) in [5, 5.41) is 15.9. The Hall–Kier alpha value is -2.63. The number of aryl methyl sites for hydroxylation is 1. The fourth-order valence-electron chi connectivity index (χ4n) is 2.61. The molecule has 25 heavy (non-hydrogen) atoms. The predicted molar refractivity (Wildman–Crippen MR) is 95.5 cm³/mol. The minimum Gasteiger partial charge on any atom is -0.478 e. The Bertz CT molecular complexity index is 720. The van der Waals surface area contributed by atoms with Crippen molar-refractivity contribution < 1.29 is 14.7 Å². The molecule has 0 aliphatic rings. The van der Waals surface area contributed by atoms with Gasteiger partial charge in [-0.3, -0.25) is 9.48 Å². The average molecular weight is 343 g/mol. The number of aromatic carboxylic acids is 1. The molecule has 0 bridgehead atoms. The van der Waals surface area contributed by atoms with Crippen molar-refractivity contribution in [3.05, 3.63) is 53.3 Å². The van der Waals surface area contributed by atoms with Gasteiger partial charge in [0.25, 0.3) is 0 Å². The number of benzene rings is 1. The van der Waals surface area contributed by atoms with Gasteiger partial charge in [-0.15, -0.1) is 0 Å². The fourth-order valence-corrected chi connectivity index (χ4v) is 2.61. The van der Waals surface area contributed by atoms with Crippen LogP contribution in [0.4, 0.5) is 0 Å². The standard InChI is InChI=1S/C19H25N3O3/c1-4-17(15-7-5-14(6-8-15)13(2)3)21-18(23)9-10-22-12-16(11-20-22)19(24)25/h5-8,11-13,17H,4,9-10H2,1-3H3,(H,21,23)(H,24,25). The van der Waals surface area contributed by atoms with E-state index in [-0.39, 0.29) is 23.9 Å². The molecule has 0 spiro atoms. The van der Waals surface area contributed by atoms with Crippen LogP contribution in [0, 0.1) is 0 Å². The molecule has 1 aromatic heterocycles. The maximum atomic E-state index is 12.2. The highest BCUT2D eigenvalue weighted by Gasteiger charge is 2.14. The molecule has 134 valence electrons. The lowest BCUT2D eigenvalue weighted by atomic mass is 9.98. The molecule has 1 atom stereocenters. The van der Waals surface area contributed by atoms with E-state index in [1.165, 1.54) is 22.6 Å². The number of amides is 1. The Morgan fingerprint density at radius 3 is 2.36 bits per heavy atom. The molecular weight excluding hydrogens is 318 g/mol. The summed E-state index contributed by atoms with van der Waals surface area (Å²) in [4.78, 5) is 23.0. The third-order valence-corrected chi connectivity index (χ3v) is 4.20. The molecule has 0 saturated heterocycles. The van der Waals surface area contributed by atoms with Crippen LogP contribution >= 0.6 is 0 Å². The van der Waals surface area contributed by atoms with Gasteiger partial charge in [-0.1, -0.05) is 45.0 Å². The van der Waals surface area contributed by atoms with Gasteiger partial charge < -0.3 is 10.4 Å². The van der Waals surface area contributed by atoms with Crippen molar-refractivity contribution >= 4 is 11.9 Å². The number of carboxylic acids is 1. The van der Waals surface area contributed by atoms with Crippen molar-refractivity contribution in [2.24, 2.45) is 0 Å². The van der Waals surface area contributed by atoms with Gasteiger partial charge in [0.2, 0.25) is 5.91 Å². The number of carbonyl (C=O) groups is 2. The zero-order valence-corrected chi connectivity index (χ0v) is 14.9. The van der Waals surface area contributed by atoms with Gasteiger partial charge in [-0.2, -0.15) is 5.10 Å². The number of nitrogens with one attached hydrogen (secondary N) is 1. The van der Waals surface area contributed by atoms with Gasteiger partial charge in [0.05, 0.1) is 17.8 Å². The number of hydrogen-bond acceptors (Lipinski definition) is 3. The van der Waals surface area contributed by atoms with Crippen LogP contribution in [-0.2, 0) is 11.3 Å². The number of aromatic nitrogens is 2. The lowest BCUT2D eigenvalue weighted by molar-refractivity contribution is -0.122. The number of nitrogens with zero attached hydrogens (tertiary/aromatic N) is 2. The van der Waals surface area contributed by atoms with Crippen molar-refractivity contribution in [2.45, 2.75) is 52.1 Å². The molecule has 6 nitrogen and oxygen atoms in total. The van der Waals surface area contributed by atoms with E-state index in [9.17, 15) is 9.59 Å². The molecule has 2 N–H and O–H groups in total. The highest BCUT2D eigenvalue weighted by molar-refractivity contribution is 5.86. The fraction of sp³-hybridized carbons (Fsp3) is 0.421. The lowest BCUT2D eigenvalue weighted by Gasteiger charge is -2.18. The third kappa shape index (κ3) is 5.17. The highest BCUT2D eigenvalue weighted by Crippen LogP contribution is 2.20. The van der Waals surface area contributed by atoms with Crippen LogP contribution in [-0.4, -0.2) is 26.8 Å². The van der Waals surface area contributed by atoms with E-state index in [2.05, 4.69) is 48.5 Å². The molecule has 2 rings (SSSR count). The summed E-state index contributed by atoms with van der Waals surface area (Å²) in [6.45, 7) is 6.69. The molecule has 1 aromatic carbocycles. The minimum absolute atomic E-state index is 0.0269. The molecule has 1 amide bonds. The van der Waals surface area contributed by atoms with Crippen LogP contribution in [0.15, 0.2) is 36.7 Å². The SMILES string of the molecule is CCC(NC(=O)CCn1cc(C(=O)O)cn1)c1ccc(C(C)C)cc1. The van der Waals surface area contributed by atoms with Crippen LogP contribution < -0.4 is 5.32 Å². The largest absolute Gasteiger partial charge is 0.478 e. The third-order valence-electron chi connectivity index (χ3n) is 4.20. The number of hydrogen-bond donors (Lipinski definition) is 2. The lowest BCUT2D eigenvalue weighted by Crippen LogP contribution is -2.29.